The first-order valence-electron chi connectivity index (χ1n) is 10.5. The number of hydrogen-bond acceptors (Lipinski definition) is 2. The Morgan fingerprint density at radius 3 is 2.33 bits per heavy atom. The molecule has 0 fully saturated rings. The Balaban J connectivity index is 1.82. The third-order valence-electron chi connectivity index (χ3n) is 5.25. The molecule has 3 aromatic carbocycles. The molecule has 154 valence electrons. The molecule has 2 nitrogen and oxygen atoms in total. The minimum Gasteiger partial charge on any atom is -0.461 e. The molecule has 0 spiro atoms. The summed E-state index contributed by atoms with van der Waals surface area (Å²) in [5.41, 5.74) is 4.49. The van der Waals surface area contributed by atoms with Crippen LogP contribution in [0.5, 0.6) is 0 Å². The van der Waals surface area contributed by atoms with Crippen LogP contribution in [0.1, 0.15) is 50.7 Å². The van der Waals surface area contributed by atoms with Crippen LogP contribution in [0.25, 0.3) is 10.8 Å². The van der Waals surface area contributed by atoms with Crippen LogP contribution < -0.4 is 0 Å². The summed E-state index contributed by atoms with van der Waals surface area (Å²) >= 11 is 0. The minimum absolute atomic E-state index is 0.217. The average Bonchev–Trinajstić information content (AvgIpc) is 2.75. The molecular weight excluding hydrogens is 368 g/mol. The van der Waals surface area contributed by atoms with Crippen molar-refractivity contribution >= 4 is 16.7 Å². The van der Waals surface area contributed by atoms with Crippen LogP contribution in [0.4, 0.5) is 0 Å². The van der Waals surface area contributed by atoms with Gasteiger partial charge in [0.05, 0.1) is 0 Å². The fourth-order valence-electron chi connectivity index (χ4n) is 3.63. The number of rotatable bonds is 8. The summed E-state index contributed by atoms with van der Waals surface area (Å²) in [6, 6.07) is 24.2. The second-order valence-electron chi connectivity index (χ2n) is 7.91. The highest BCUT2D eigenvalue weighted by Gasteiger charge is 2.25. The number of hydrogen-bond donors (Lipinski definition) is 0. The van der Waals surface area contributed by atoms with Crippen molar-refractivity contribution in [3.63, 3.8) is 0 Å². The summed E-state index contributed by atoms with van der Waals surface area (Å²) in [5, 5.41) is 2.21. The lowest BCUT2D eigenvalue weighted by molar-refractivity contribution is -0.143. The van der Waals surface area contributed by atoms with Gasteiger partial charge in [-0.3, -0.25) is 4.79 Å². The SMILES string of the molecule is CC(C)=CCC/C(C)=C/COC(=O)[C@H](c1ccccc1)c1cccc2ccccc12. The summed E-state index contributed by atoms with van der Waals surface area (Å²) in [6.45, 7) is 6.61. The number of carbonyl (C=O) groups excluding carboxylic acids is 1. The highest BCUT2D eigenvalue weighted by molar-refractivity contribution is 5.93. The summed E-state index contributed by atoms with van der Waals surface area (Å²) in [6.07, 6.45) is 6.24. The van der Waals surface area contributed by atoms with E-state index in [9.17, 15) is 4.79 Å². The maximum Gasteiger partial charge on any atom is 0.318 e. The smallest absolute Gasteiger partial charge is 0.318 e. The van der Waals surface area contributed by atoms with Crippen LogP contribution in [0, 0.1) is 0 Å². The van der Waals surface area contributed by atoms with Gasteiger partial charge in [-0.15, -0.1) is 0 Å². The summed E-state index contributed by atoms with van der Waals surface area (Å²) < 4.78 is 5.73. The molecule has 3 rings (SSSR count). The van der Waals surface area contributed by atoms with Crippen molar-refractivity contribution in [2.45, 2.75) is 39.5 Å². The maximum absolute atomic E-state index is 13.2. The fraction of sp³-hybridized carbons (Fsp3) is 0.250. The minimum atomic E-state index is -0.448. The van der Waals surface area contributed by atoms with Gasteiger partial charge in [0.1, 0.15) is 12.5 Å². The molecule has 0 N–H and O–H groups in total. The van der Waals surface area contributed by atoms with Gasteiger partial charge in [-0.05, 0) is 61.6 Å². The third kappa shape index (κ3) is 5.70. The number of esters is 1. The molecule has 0 heterocycles. The molecule has 3 aromatic rings. The van der Waals surface area contributed by atoms with Crippen LogP contribution in [0.2, 0.25) is 0 Å². The van der Waals surface area contributed by atoms with Crippen LogP contribution >= 0.6 is 0 Å². The highest BCUT2D eigenvalue weighted by atomic mass is 16.5. The van der Waals surface area contributed by atoms with Crippen LogP contribution in [0.15, 0.2) is 96.1 Å². The van der Waals surface area contributed by atoms with Gasteiger partial charge in [0.15, 0.2) is 0 Å². The molecule has 0 bridgehead atoms. The van der Waals surface area contributed by atoms with E-state index >= 15 is 0 Å². The molecule has 0 aromatic heterocycles. The number of allylic oxidation sites excluding steroid dienone is 3. The zero-order valence-electron chi connectivity index (χ0n) is 18.1. The Bertz CT molecular complexity index is 1040. The topological polar surface area (TPSA) is 26.3 Å². The normalized spacial score (nSPS) is 12.4. The second kappa shape index (κ2) is 10.6. The standard InChI is InChI=1S/C28H30O2/c1-21(2)11-9-12-22(3)19-20-30-28(29)27(24-14-5-4-6-15-24)26-18-10-16-23-13-7-8-17-25(23)26/h4-8,10-11,13-19,27H,9,12,20H2,1-3H3/b22-19+/t27-/m1/s1. The highest BCUT2D eigenvalue weighted by Crippen LogP contribution is 2.32. The van der Waals surface area contributed by atoms with E-state index < -0.39 is 5.92 Å². The van der Waals surface area contributed by atoms with Gasteiger partial charge < -0.3 is 4.74 Å². The van der Waals surface area contributed by atoms with Crippen LogP contribution in [-0.4, -0.2) is 12.6 Å². The first-order chi connectivity index (χ1) is 14.6. The maximum atomic E-state index is 13.2. The lowest BCUT2D eigenvalue weighted by Gasteiger charge is -2.18. The monoisotopic (exact) mass is 398 g/mol. The van der Waals surface area contributed by atoms with E-state index in [2.05, 4.69) is 45.0 Å². The number of ether oxygens (including phenoxy) is 1. The van der Waals surface area contributed by atoms with E-state index in [0.29, 0.717) is 6.61 Å². The Labute approximate surface area is 179 Å². The Kier molecular flexibility index (Phi) is 7.62. The fourth-order valence-corrected chi connectivity index (χ4v) is 3.63. The van der Waals surface area contributed by atoms with Gasteiger partial charge in [0.2, 0.25) is 0 Å². The van der Waals surface area contributed by atoms with Gasteiger partial charge >= 0.3 is 5.97 Å². The average molecular weight is 399 g/mol. The molecule has 0 saturated carbocycles. The van der Waals surface area contributed by atoms with Crippen molar-refractivity contribution in [1.29, 1.82) is 0 Å². The zero-order chi connectivity index (χ0) is 21.3. The van der Waals surface area contributed by atoms with Crippen molar-refractivity contribution in [1.82, 2.24) is 0 Å². The number of carbonyl (C=O) groups is 1. The van der Waals surface area contributed by atoms with E-state index in [1.165, 1.54) is 11.1 Å². The van der Waals surface area contributed by atoms with Gasteiger partial charge in [-0.2, -0.15) is 0 Å². The van der Waals surface area contributed by atoms with Crippen molar-refractivity contribution in [2.24, 2.45) is 0 Å². The summed E-state index contributed by atoms with van der Waals surface area (Å²) in [7, 11) is 0. The van der Waals surface area contributed by atoms with Crippen LogP contribution in [0.3, 0.4) is 0 Å². The van der Waals surface area contributed by atoms with E-state index in [-0.39, 0.29) is 5.97 Å². The molecule has 0 aliphatic heterocycles. The molecule has 0 aliphatic carbocycles. The lowest BCUT2D eigenvalue weighted by atomic mass is 9.88. The van der Waals surface area contributed by atoms with Crippen molar-refractivity contribution < 1.29 is 9.53 Å². The van der Waals surface area contributed by atoms with Gasteiger partial charge in [-0.25, -0.2) is 0 Å². The largest absolute Gasteiger partial charge is 0.461 e. The molecule has 0 radical (unpaired) electrons. The first kappa shape index (κ1) is 21.6. The van der Waals surface area contributed by atoms with Crippen molar-refractivity contribution in [3.05, 3.63) is 107 Å². The van der Waals surface area contributed by atoms with Crippen molar-refractivity contribution in [3.8, 4) is 0 Å². The molecule has 1 atom stereocenters. The number of fused-ring (bicyclic) bond motifs is 1. The predicted molar refractivity (Wildman–Crippen MR) is 126 cm³/mol. The predicted octanol–water partition coefficient (Wildman–Crippen LogP) is 7.21. The van der Waals surface area contributed by atoms with E-state index in [1.54, 1.807) is 0 Å². The Morgan fingerprint density at radius 1 is 0.867 bits per heavy atom. The van der Waals surface area contributed by atoms with E-state index in [0.717, 1.165) is 34.7 Å². The second-order valence-corrected chi connectivity index (χ2v) is 7.91. The number of benzene rings is 3. The van der Waals surface area contributed by atoms with Gasteiger partial charge in [0.25, 0.3) is 0 Å². The first-order valence-corrected chi connectivity index (χ1v) is 10.5. The van der Waals surface area contributed by atoms with Gasteiger partial charge in [0, 0.05) is 0 Å². The summed E-state index contributed by atoms with van der Waals surface area (Å²) in [5.74, 6) is -0.664. The molecule has 0 amide bonds. The van der Waals surface area contributed by atoms with Gasteiger partial charge in [-0.1, -0.05) is 90.0 Å². The molecule has 0 unspecified atom stereocenters. The Hall–Kier alpha value is -3.13. The molecular formula is C28H30O2. The quantitative estimate of drug-likeness (QED) is 0.296. The Morgan fingerprint density at radius 2 is 1.57 bits per heavy atom. The lowest BCUT2D eigenvalue weighted by Crippen LogP contribution is -2.18. The summed E-state index contributed by atoms with van der Waals surface area (Å²) in [4.78, 5) is 13.2. The van der Waals surface area contributed by atoms with E-state index in [4.69, 9.17) is 4.74 Å². The third-order valence-corrected chi connectivity index (χ3v) is 5.25. The molecule has 2 heteroatoms. The van der Waals surface area contributed by atoms with E-state index in [1.807, 2.05) is 60.7 Å². The van der Waals surface area contributed by atoms with Crippen molar-refractivity contribution in [2.75, 3.05) is 6.61 Å². The molecule has 0 saturated heterocycles. The molecule has 0 aliphatic rings. The van der Waals surface area contributed by atoms with Crippen LogP contribution in [-0.2, 0) is 9.53 Å². The molecule has 30 heavy (non-hydrogen) atoms. The zero-order valence-corrected chi connectivity index (χ0v) is 18.1.